The maximum atomic E-state index is 13.2. The van der Waals surface area contributed by atoms with Crippen LogP contribution in [0.3, 0.4) is 0 Å². The smallest absolute Gasteiger partial charge is 0.263 e. The minimum atomic E-state index is -0.384. The average Bonchev–Trinajstić information content (AvgIpc) is 3.11. The number of nitrogens with zero attached hydrogens (tertiary/aromatic N) is 2. The van der Waals surface area contributed by atoms with Gasteiger partial charge in [-0.2, -0.15) is 0 Å². The van der Waals surface area contributed by atoms with E-state index in [1.54, 1.807) is 18.2 Å². The third-order valence-corrected chi connectivity index (χ3v) is 6.19. The molecule has 2 aromatic heterocycles. The van der Waals surface area contributed by atoms with Crippen molar-refractivity contribution in [3.05, 3.63) is 79.6 Å². The lowest BCUT2D eigenvalue weighted by molar-refractivity contribution is -0.116. The number of anilines is 1. The molecule has 2 aromatic carbocycles. The number of halogens is 2. The first-order valence-corrected chi connectivity index (χ1v) is 10.8. The molecule has 0 fully saturated rings. The first-order valence-electron chi connectivity index (χ1n) is 9.12. The molecule has 1 amide bonds. The molecule has 0 aliphatic rings. The molecule has 30 heavy (non-hydrogen) atoms. The molecule has 0 aliphatic heterocycles. The highest BCUT2D eigenvalue weighted by Crippen LogP contribution is 2.33. The third-order valence-electron chi connectivity index (χ3n) is 4.75. The minimum absolute atomic E-state index is 0.178. The Bertz CT molecular complexity index is 1340. The van der Waals surface area contributed by atoms with Crippen LogP contribution in [0.15, 0.2) is 52.9 Å². The summed E-state index contributed by atoms with van der Waals surface area (Å²) in [6.45, 7) is 3.87. The van der Waals surface area contributed by atoms with Crippen LogP contribution in [0.1, 0.15) is 11.1 Å². The fraction of sp³-hybridized carbons (Fsp3) is 0.136. The van der Waals surface area contributed by atoms with Crippen molar-refractivity contribution in [3.63, 3.8) is 0 Å². The highest BCUT2D eigenvalue weighted by atomic mass is 35.5. The van der Waals surface area contributed by atoms with Gasteiger partial charge in [0.2, 0.25) is 5.91 Å². The van der Waals surface area contributed by atoms with E-state index in [2.05, 4.69) is 16.4 Å². The maximum absolute atomic E-state index is 13.2. The monoisotopic (exact) mass is 457 g/mol. The number of fused-ring (bicyclic) bond motifs is 1. The molecule has 1 N–H and O–H groups in total. The molecule has 0 radical (unpaired) electrons. The molecule has 4 rings (SSSR count). The number of aryl methyl sites for hydroxylation is 2. The molecule has 0 atom stereocenters. The summed E-state index contributed by atoms with van der Waals surface area (Å²) < 4.78 is 1.31. The van der Waals surface area contributed by atoms with Crippen molar-refractivity contribution >= 4 is 56.3 Å². The summed E-state index contributed by atoms with van der Waals surface area (Å²) in [6, 6.07) is 10.9. The second kappa shape index (κ2) is 8.22. The van der Waals surface area contributed by atoms with E-state index in [1.165, 1.54) is 22.2 Å². The summed E-state index contributed by atoms with van der Waals surface area (Å²) in [5, 5.41) is 5.96. The van der Waals surface area contributed by atoms with Gasteiger partial charge in [-0.3, -0.25) is 14.2 Å². The Balaban J connectivity index is 1.68. The Morgan fingerprint density at radius 2 is 1.93 bits per heavy atom. The van der Waals surface area contributed by atoms with Gasteiger partial charge in [-0.25, -0.2) is 4.98 Å². The Labute approximate surface area is 186 Å². The van der Waals surface area contributed by atoms with Gasteiger partial charge in [0.15, 0.2) is 0 Å². The van der Waals surface area contributed by atoms with Crippen LogP contribution in [-0.2, 0) is 11.3 Å². The maximum Gasteiger partial charge on any atom is 0.263 e. The summed E-state index contributed by atoms with van der Waals surface area (Å²) >= 11 is 13.4. The normalized spacial score (nSPS) is 11.1. The number of benzene rings is 2. The molecule has 8 heteroatoms. The first-order chi connectivity index (χ1) is 14.3. The highest BCUT2D eigenvalue weighted by Gasteiger charge is 2.16. The zero-order valence-corrected chi connectivity index (χ0v) is 18.5. The molecule has 0 saturated carbocycles. The van der Waals surface area contributed by atoms with Crippen molar-refractivity contribution in [1.82, 2.24) is 9.55 Å². The number of nitrogens with one attached hydrogen (secondary N) is 1. The van der Waals surface area contributed by atoms with E-state index in [0.29, 0.717) is 25.9 Å². The number of carbonyl (C=O) groups excluding carboxylic acids is 1. The van der Waals surface area contributed by atoms with Gasteiger partial charge >= 0.3 is 0 Å². The molecule has 0 saturated heterocycles. The SMILES string of the molecule is Cc1ccc(-c2csc3ncn(CC(=O)Nc4ccc(Cl)cc4Cl)c(=O)c23)c(C)c1. The third kappa shape index (κ3) is 3.99. The van der Waals surface area contributed by atoms with Crippen LogP contribution >= 0.6 is 34.5 Å². The van der Waals surface area contributed by atoms with Gasteiger partial charge in [0.05, 0.1) is 22.4 Å². The summed E-state index contributed by atoms with van der Waals surface area (Å²) in [5.74, 6) is -0.384. The van der Waals surface area contributed by atoms with Crippen molar-refractivity contribution in [2.75, 3.05) is 5.32 Å². The van der Waals surface area contributed by atoms with Gasteiger partial charge in [0, 0.05) is 16.0 Å². The molecule has 2 heterocycles. The van der Waals surface area contributed by atoms with E-state index in [1.807, 2.05) is 31.4 Å². The van der Waals surface area contributed by atoms with Crippen LogP contribution in [0.25, 0.3) is 21.3 Å². The highest BCUT2D eigenvalue weighted by molar-refractivity contribution is 7.17. The van der Waals surface area contributed by atoms with E-state index in [4.69, 9.17) is 23.2 Å². The van der Waals surface area contributed by atoms with Crippen molar-refractivity contribution in [1.29, 1.82) is 0 Å². The minimum Gasteiger partial charge on any atom is -0.323 e. The quantitative estimate of drug-likeness (QED) is 0.428. The lowest BCUT2D eigenvalue weighted by Gasteiger charge is -2.10. The largest absolute Gasteiger partial charge is 0.323 e. The van der Waals surface area contributed by atoms with Crippen molar-refractivity contribution in [2.45, 2.75) is 20.4 Å². The topological polar surface area (TPSA) is 64.0 Å². The van der Waals surface area contributed by atoms with Crippen LogP contribution in [0.5, 0.6) is 0 Å². The molecule has 0 spiro atoms. The van der Waals surface area contributed by atoms with Gasteiger partial charge in [-0.15, -0.1) is 11.3 Å². The number of hydrogen-bond acceptors (Lipinski definition) is 4. The van der Waals surface area contributed by atoms with Gasteiger partial charge in [-0.1, -0.05) is 47.0 Å². The number of aromatic nitrogens is 2. The summed E-state index contributed by atoms with van der Waals surface area (Å²) in [6.07, 6.45) is 1.40. The number of carbonyl (C=O) groups is 1. The Hall–Kier alpha value is -2.67. The molecular weight excluding hydrogens is 441 g/mol. The van der Waals surface area contributed by atoms with E-state index in [0.717, 1.165) is 22.3 Å². The van der Waals surface area contributed by atoms with Crippen molar-refractivity contribution < 1.29 is 4.79 Å². The van der Waals surface area contributed by atoms with Crippen LogP contribution in [-0.4, -0.2) is 15.5 Å². The molecule has 4 aromatic rings. The molecule has 0 aliphatic carbocycles. The zero-order chi connectivity index (χ0) is 21.4. The van der Waals surface area contributed by atoms with Gasteiger partial charge in [-0.05, 0) is 43.2 Å². The summed E-state index contributed by atoms with van der Waals surface area (Å²) in [7, 11) is 0. The first kappa shape index (κ1) is 20.6. The molecule has 5 nitrogen and oxygen atoms in total. The van der Waals surface area contributed by atoms with Crippen LogP contribution < -0.4 is 10.9 Å². The number of hydrogen-bond donors (Lipinski definition) is 1. The van der Waals surface area contributed by atoms with E-state index >= 15 is 0 Å². The van der Waals surface area contributed by atoms with Crippen LogP contribution in [0, 0.1) is 13.8 Å². The Morgan fingerprint density at radius 1 is 1.13 bits per heavy atom. The number of rotatable bonds is 4. The van der Waals surface area contributed by atoms with E-state index in [-0.39, 0.29) is 18.0 Å². The van der Waals surface area contributed by atoms with E-state index < -0.39 is 0 Å². The zero-order valence-electron chi connectivity index (χ0n) is 16.2. The fourth-order valence-corrected chi connectivity index (χ4v) is 4.68. The predicted octanol–water partition coefficient (Wildman–Crippen LogP) is 5.69. The van der Waals surface area contributed by atoms with Crippen LogP contribution in [0.2, 0.25) is 10.0 Å². The fourth-order valence-electron chi connectivity index (χ4n) is 3.33. The van der Waals surface area contributed by atoms with Gasteiger partial charge < -0.3 is 5.32 Å². The Morgan fingerprint density at radius 3 is 2.67 bits per heavy atom. The van der Waals surface area contributed by atoms with E-state index in [9.17, 15) is 9.59 Å². The molecule has 0 bridgehead atoms. The van der Waals surface area contributed by atoms with Crippen molar-refractivity contribution in [2.24, 2.45) is 0 Å². The van der Waals surface area contributed by atoms with Gasteiger partial charge in [0.25, 0.3) is 5.56 Å². The van der Waals surface area contributed by atoms with Crippen molar-refractivity contribution in [3.8, 4) is 11.1 Å². The molecular formula is C22H17Cl2N3O2S. The van der Waals surface area contributed by atoms with Crippen LogP contribution in [0.4, 0.5) is 5.69 Å². The lowest BCUT2D eigenvalue weighted by Crippen LogP contribution is -2.27. The average molecular weight is 458 g/mol. The molecule has 0 unspecified atom stereocenters. The summed E-state index contributed by atoms with van der Waals surface area (Å²) in [4.78, 5) is 30.7. The Kier molecular flexibility index (Phi) is 5.64. The second-order valence-electron chi connectivity index (χ2n) is 7.00. The predicted molar refractivity (Wildman–Crippen MR) is 124 cm³/mol. The number of amides is 1. The lowest BCUT2D eigenvalue weighted by atomic mass is 9.99. The molecule has 152 valence electrons. The second-order valence-corrected chi connectivity index (χ2v) is 8.70. The summed E-state index contributed by atoms with van der Waals surface area (Å²) in [5.41, 5.74) is 4.23. The van der Waals surface area contributed by atoms with Gasteiger partial charge in [0.1, 0.15) is 11.4 Å². The number of thiophene rings is 1. The standard InChI is InChI=1S/C22H17Cl2N3O2S/c1-12-3-5-15(13(2)7-12)16-10-30-21-20(16)22(29)27(11-25-21)9-19(28)26-18-6-4-14(23)8-17(18)24/h3-8,10-11H,9H2,1-2H3,(H,26,28).